The Labute approximate surface area is 123 Å². The molecule has 0 amide bonds. The van der Waals surface area contributed by atoms with Crippen molar-refractivity contribution < 1.29 is 8.42 Å². The van der Waals surface area contributed by atoms with Gasteiger partial charge >= 0.3 is 0 Å². The van der Waals surface area contributed by atoms with Crippen LogP contribution in [0.25, 0.3) is 0 Å². The molecule has 0 saturated heterocycles. The fourth-order valence-electron chi connectivity index (χ4n) is 1.93. The van der Waals surface area contributed by atoms with Crippen LogP contribution in [0.2, 0.25) is 5.02 Å². The molecular weight excluding hydrogens is 298 g/mol. The summed E-state index contributed by atoms with van der Waals surface area (Å²) in [6.45, 7) is 0.166. The van der Waals surface area contributed by atoms with Crippen LogP contribution in [0.15, 0.2) is 23.1 Å². The van der Waals surface area contributed by atoms with Crippen molar-refractivity contribution in [2.24, 2.45) is 0 Å². The summed E-state index contributed by atoms with van der Waals surface area (Å²) in [5.74, 6) is 0. The van der Waals surface area contributed by atoms with E-state index in [1.54, 1.807) is 0 Å². The molecule has 0 unspecified atom stereocenters. The van der Waals surface area contributed by atoms with Crippen molar-refractivity contribution in [3.63, 3.8) is 0 Å². The molecule has 1 aliphatic carbocycles. The lowest BCUT2D eigenvalue weighted by Crippen LogP contribution is -2.34. The Bertz CT molecular complexity index is 699. The summed E-state index contributed by atoms with van der Waals surface area (Å²) in [5.41, 5.74) is 0.309. The van der Waals surface area contributed by atoms with Crippen LogP contribution in [0.5, 0.6) is 0 Å². The first-order chi connectivity index (χ1) is 9.50. The van der Waals surface area contributed by atoms with Gasteiger partial charge < -0.3 is 0 Å². The van der Waals surface area contributed by atoms with Gasteiger partial charge in [-0.25, -0.2) is 8.42 Å². The molecule has 0 aromatic heterocycles. The molecule has 1 aromatic rings. The van der Waals surface area contributed by atoms with Gasteiger partial charge in [0.1, 0.15) is 4.90 Å². The summed E-state index contributed by atoms with van der Waals surface area (Å²) in [4.78, 5) is -0.0111. The van der Waals surface area contributed by atoms with Crippen molar-refractivity contribution in [2.45, 2.75) is 30.2 Å². The maximum absolute atomic E-state index is 12.6. The summed E-state index contributed by atoms with van der Waals surface area (Å²) < 4.78 is 26.5. The SMILES string of the molecule is N#CCCN(C1CC1)S(=O)(=O)c1ccc(C#N)cc1Cl. The van der Waals surface area contributed by atoms with Crippen LogP contribution in [0.3, 0.4) is 0 Å². The number of nitrogens with zero attached hydrogens (tertiary/aromatic N) is 3. The topological polar surface area (TPSA) is 85.0 Å². The van der Waals surface area contributed by atoms with E-state index in [2.05, 4.69) is 0 Å². The van der Waals surface area contributed by atoms with Crippen molar-refractivity contribution >= 4 is 21.6 Å². The lowest BCUT2D eigenvalue weighted by Gasteiger charge is -2.21. The molecule has 0 N–H and O–H groups in total. The molecule has 1 fully saturated rings. The van der Waals surface area contributed by atoms with Crippen LogP contribution in [-0.4, -0.2) is 25.3 Å². The Balaban J connectivity index is 2.38. The quantitative estimate of drug-likeness (QED) is 0.835. The zero-order chi connectivity index (χ0) is 14.8. The standard InChI is InChI=1S/C13H12ClN3O2S/c14-12-8-10(9-16)2-5-13(12)20(18,19)17(7-1-6-15)11-3-4-11/h2,5,8,11H,1,3-4,7H2. The van der Waals surface area contributed by atoms with E-state index in [9.17, 15) is 8.42 Å². The second kappa shape index (κ2) is 5.80. The Morgan fingerprint density at radius 2 is 2.05 bits per heavy atom. The molecule has 1 aromatic carbocycles. The van der Waals surface area contributed by atoms with Crippen LogP contribution < -0.4 is 0 Å². The molecule has 1 saturated carbocycles. The van der Waals surface area contributed by atoms with Crippen LogP contribution >= 0.6 is 11.6 Å². The molecule has 0 atom stereocenters. The first-order valence-electron chi connectivity index (χ1n) is 6.09. The third kappa shape index (κ3) is 2.94. The van der Waals surface area contributed by atoms with Crippen LogP contribution in [0.4, 0.5) is 0 Å². The summed E-state index contributed by atoms with van der Waals surface area (Å²) in [6, 6.07) is 7.93. The molecule has 0 heterocycles. The molecule has 7 heteroatoms. The first-order valence-corrected chi connectivity index (χ1v) is 7.91. The molecule has 2 rings (SSSR count). The van der Waals surface area contributed by atoms with Crippen molar-refractivity contribution in [2.75, 3.05) is 6.54 Å². The maximum atomic E-state index is 12.6. The highest BCUT2D eigenvalue weighted by Gasteiger charge is 2.38. The minimum Gasteiger partial charge on any atom is -0.207 e. The number of rotatable bonds is 5. The van der Waals surface area contributed by atoms with Gasteiger partial charge in [-0.05, 0) is 31.0 Å². The Morgan fingerprint density at radius 3 is 2.55 bits per heavy atom. The number of sulfonamides is 1. The Morgan fingerprint density at radius 1 is 1.35 bits per heavy atom. The van der Waals surface area contributed by atoms with Gasteiger partial charge in [0.05, 0.1) is 22.7 Å². The zero-order valence-corrected chi connectivity index (χ0v) is 12.2. The van der Waals surface area contributed by atoms with E-state index in [0.717, 1.165) is 12.8 Å². The second-order valence-electron chi connectivity index (χ2n) is 4.51. The molecule has 5 nitrogen and oxygen atoms in total. The van der Waals surface area contributed by atoms with Gasteiger partial charge in [0, 0.05) is 19.0 Å². The number of hydrogen-bond acceptors (Lipinski definition) is 4. The number of benzene rings is 1. The van der Waals surface area contributed by atoms with Gasteiger partial charge in [-0.15, -0.1) is 0 Å². The maximum Gasteiger partial charge on any atom is 0.244 e. The predicted octanol–water partition coefficient (Wildman–Crippen LogP) is 2.28. The molecule has 1 aliphatic rings. The van der Waals surface area contributed by atoms with E-state index in [1.807, 2.05) is 12.1 Å². The summed E-state index contributed by atoms with van der Waals surface area (Å²) in [5, 5.41) is 17.5. The third-order valence-electron chi connectivity index (χ3n) is 3.05. The van der Waals surface area contributed by atoms with E-state index in [0.29, 0.717) is 5.56 Å². The predicted molar refractivity (Wildman–Crippen MR) is 73.3 cm³/mol. The average molecular weight is 310 g/mol. The van der Waals surface area contributed by atoms with Crippen molar-refractivity contribution in [3.05, 3.63) is 28.8 Å². The minimum absolute atomic E-state index is 0.0111. The van der Waals surface area contributed by atoms with Gasteiger partial charge in [-0.3, -0.25) is 0 Å². The van der Waals surface area contributed by atoms with Gasteiger partial charge in [0.2, 0.25) is 10.0 Å². The normalized spacial score (nSPS) is 14.8. The van der Waals surface area contributed by atoms with E-state index >= 15 is 0 Å². The number of halogens is 1. The highest BCUT2D eigenvalue weighted by Crippen LogP contribution is 2.34. The second-order valence-corrected chi connectivity index (χ2v) is 6.78. The molecule has 0 radical (unpaired) electrons. The number of nitriles is 2. The van der Waals surface area contributed by atoms with Gasteiger partial charge in [0.25, 0.3) is 0 Å². The molecule has 20 heavy (non-hydrogen) atoms. The van der Waals surface area contributed by atoms with Crippen molar-refractivity contribution in [3.8, 4) is 12.1 Å². The molecule has 0 spiro atoms. The average Bonchev–Trinajstić information content (AvgIpc) is 3.23. The van der Waals surface area contributed by atoms with Crippen molar-refractivity contribution in [1.29, 1.82) is 10.5 Å². The van der Waals surface area contributed by atoms with Gasteiger partial charge in [-0.1, -0.05) is 11.6 Å². The van der Waals surface area contributed by atoms with E-state index in [1.165, 1.54) is 22.5 Å². The highest BCUT2D eigenvalue weighted by atomic mass is 35.5. The third-order valence-corrected chi connectivity index (χ3v) is 5.48. The summed E-state index contributed by atoms with van der Waals surface area (Å²) in [6.07, 6.45) is 1.75. The van der Waals surface area contributed by atoms with Crippen LogP contribution in [0.1, 0.15) is 24.8 Å². The highest BCUT2D eigenvalue weighted by molar-refractivity contribution is 7.89. The Hall–Kier alpha value is -1.60. The fourth-order valence-corrected chi connectivity index (χ4v) is 4.13. The molecule has 0 aliphatic heterocycles. The molecular formula is C13H12ClN3O2S. The van der Waals surface area contributed by atoms with E-state index in [4.69, 9.17) is 22.1 Å². The monoisotopic (exact) mass is 309 g/mol. The van der Waals surface area contributed by atoms with Crippen LogP contribution in [0, 0.1) is 22.7 Å². The number of hydrogen-bond donors (Lipinski definition) is 0. The zero-order valence-electron chi connectivity index (χ0n) is 10.6. The van der Waals surface area contributed by atoms with Crippen molar-refractivity contribution in [1.82, 2.24) is 4.31 Å². The van der Waals surface area contributed by atoms with Crippen LogP contribution in [-0.2, 0) is 10.0 Å². The smallest absolute Gasteiger partial charge is 0.207 e. The molecule has 0 bridgehead atoms. The van der Waals surface area contributed by atoms with Gasteiger partial charge in [-0.2, -0.15) is 14.8 Å². The Kier molecular flexibility index (Phi) is 4.29. The lowest BCUT2D eigenvalue weighted by atomic mass is 10.2. The van der Waals surface area contributed by atoms with E-state index in [-0.39, 0.29) is 28.9 Å². The molecule has 104 valence electrons. The fraction of sp³-hybridized carbons (Fsp3) is 0.385. The minimum atomic E-state index is -3.72. The van der Waals surface area contributed by atoms with E-state index < -0.39 is 10.0 Å². The first kappa shape index (κ1) is 14.8. The van der Waals surface area contributed by atoms with Gasteiger partial charge in [0.15, 0.2) is 0 Å². The largest absolute Gasteiger partial charge is 0.244 e. The lowest BCUT2D eigenvalue weighted by molar-refractivity contribution is 0.411. The summed E-state index contributed by atoms with van der Waals surface area (Å²) >= 11 is 5.97. The summed E-state index contributed by atoms with van der Waals surface area (Å²) in [7, 11) is -3.72.